The van der Waals surface area contributed by atoms with Crippen molar-refractivity contribution >= 4 is 17.7 Å². The molecule has 1 unspecified atom stereocenters. The Bertz CT molecular complexity index is 533. The zero-order chi connectivity index (χ0) is 14.8. The van der Waals surface area contributed by atoms with Gasteiger partial charge in [-0.1, -0.05) is 18.2 Å². The van der Waals surface area contributed by atoms with Gasteiger partial charge in [-0.3, -0.25) is 4.79 Å². The zero-order valence-corrected chi connectivity index (χ0v) is 11.3. The minimum absolute atomic E-state index is 0.115. The predicted octanol–water partition coefficient (Wildman–Crippen LogP) is 2.50. The summed E-state index contributed by atoms with van der Waals surface area (Å²) in [5.41, 5.74) is 0.706. The van der Waals surface area contributed by atoms with Crippen LogP contribution in [0.4, 0.5) is 10.5 Å². The largest absolute Gasteiger partial charge is 0.481 e. The Kier molecular flexibility index (Phi) is 3.79. The van der Waals surface area contributed by atoms with E-state index in [0.29, 0.717) is 18.5 Å². The maximum absolute atomic E-state index is 11.6. The van der Waals surface area contributed by atoms with Crippen molar-refractivity contribution in [3.63, 3.8) is 0 Å². The van der Waals surface area contributed by atoms with Gasteiger partial charge in [-0.15, -0.1) is 6.58 Å². The summed E-state index contributed by atoms with van der Waals surface area (Å²) in [6.45, 7) is 5.40. The topological polar surface area (TPSA) is 78.4 Å². The number of anilines is 1. The summed E-state index contributed by atoms with van der Waals surface area (Å²) < 4.78 is 0. The van der Waals surface area contributed by atoms with Gasteiger partial charge in [0.1, 0.15) is 0 Å². The molecule has 0 aliphatic heterocycles. The molecule has 2 rings (SSSR count). The minimum Gasteiger partial charge on any atom is -0.481 e. The number of carbonyl (C=O) groups is 2. The van der Waals surface area contributed by atoms with Crippen LogP contribution < -0.4 is 10.6 Å². The lowest BCUT2D eigenvalue weighted by atomic mass is 9.96. The quantitative estimate of drug-likeness (QED) is 0.722. The second-order valence-corrected chi connectivity index (χ2v) is 5.09. The average Bonchev–Trinajstić information content (AvgIpc) is 3.20. The second-order valence-electron chi connectivity index (χ2n) is 5.09. The maximum atomic E-state index is 11.6. The number of hydrogen-bond acceptors (Lipinski definition) is 2. The zero-order valence-electron chi connectivity index (χ0n) is 11.3. The van der Waals surface area contributed by atoms with Crippen molar-refractivity contribution in [3.05, 3.63) is 42.5 Å². The third-order valence-corrected chi connectivity index (χ3v) is 3.57. The molecule has 1 aliphatic carbocycles. The van der Waals surface area contributed by atoms with E-state index in [2.05, 4.69) is 17.2 Å². The smallest absolute Gasteiger partial charge is 0.319 e. The van der Waals surface area contributed by atoms with E-state index in [9.17, 15) is 14.7 Å². The van der Waals surface area contributed by atoms with Gasteiger partial charge in [0.15, 0.2) is 0 Å². The van der Waals surface area contributed by atoms with E-state index in [4.69, 9.17) is 0 Å². The fourth-order valence-corrected chi connectivity index (χ4v) is 2.06. The fourth-order valence-electron chi connectivity index (χ4n) is 2.06. The number of hydrogen-bond donors (Lipinski definition) is 3. The highest BCUT2D eigenvalue weighted by atomic mass is 16.4. The number of rotatable bonds is 5. The lowest BCUT2D eigenvalue weighted by Crippen LogP contribution is -2.34. The molecule has 1 aromatic rings. The van der Waals surface area contributed by atoms with Crippen molar-refractivity contribution in [2.45, 2.75) is 31.2 Å². The average molecular weight is 274 g/mol. The van der Waals surface area contributed by atoms with Crippen LogP contribution in [0.5, 0.6) is 0 Å². The molecule has 2 amide bonds. The lowest BCUT2D eigenvalue weighted by Gasteiger charge is -2.13. The van der Waals surface area contributed by atoms with Gasteiger partial charge in [0, 0.05) is 11.7 Å². The van der Waals surface area contributed by atoms with Crippen LogP contribution in [0.3, 0.4) is 0 Å². The fraction of sp³-hybridized carbons (Fsp3) is 0.333. The molecule has 5 nitrogen and oxygen atoms in total. The first kappa shape index (κ1) is 14.1. The maximum Gasteiger partial charge on any atom is 0.319 e. The molecule has 0 radical (unpaired) electrons. The Morgan fingerprint density at radius 1 is 1.35 bits per heavy atom. The first-order valence-corrected chi connectivity index (χ1v) is 6.52. The van der Waals surface area contributed by atoms with Crippen molar-refractivity contribution in [2.24, 2.45) is 0 Å². The summed E-state index contributed by atoms with van der Waals surface area (Å²) in [4.78, 5) is 22.8. The van der Waals surface area contributed by atoms with Gasteiger partial charge >= 0.3 is 12.0 Å². The molecule has 0 bridgehead atoms. The van der Waals surface area contributed by atoms with Crippen LogP contribution in [0, 0.1) is 0 Å². The highest BCUT2D eigenvalue weighted by Gasteiger charge is 2.51. The van der Waals surface area contributed by atoms with Gasteiger partial charge in [0.25, 0.3) is 0 Å². The van der Waals surface area contributed by atoms with Crippen LogP contribution in [0.2, 0.25) is 0 Å². The number of carboxylic acid groups (broad SMARTS) is 1. The minimum atomic E-state index is -0.782. The number of aliphatic carboxylic acids is 1. The summed E-state index contributed by atoms with van der Waals surface area (Å²) in [7, 11) is 0. The van der Waals surface area contributed by atoms with E-state index in [-0.39, 0.29) is 12.1 Å². The van der Waals surface area contributed by atoms with Gasteiger partial charge < -0.3 is 15.7 Å². The van der Waals surface area contributed by atoms with Crippen LogP contribution >= 0.6 is 0 Å². The number of benzene rings is 1. The Morgan fingerprint density at radius 3 is 2.40 bits per heavy atom. The van der Waals surface area contributed by atoms with E-state index in [1.54, 1.807) is 30.3 Å². The second kappa shape index (κ2) is 5.36. The highest BCUT2D eigenvalue weighted by Crippen LogP contribution is 2.48. The summed E-state index contributed by atoms with van der Waals surface area (Å²) in [6.07, 6.45) is 2.98. The summed E-state index contributed by atoms with van der Waals surface area (Å²) in [6, 6.07) is 6.52. The van der Waals surface area contributed by atoms with Crippen molar-refractivity contribution < 1.29 is 14.7 Å². The molecular formula is C15H18N2O3. The Balaban J connectivity index is 2.01. The standard InChI is InChI=1S/C15H18N2O3/c1-3-10(2)16-14(20)17-12-6-4-11(5-7-12)15(8-9-15)13(18)19/h3-7,10H,1,8-9H2,2H3,(H,18,19)(H2,16,17,20). The SMILES string of the molecule is C=CC(C)NC(=O)Nc1ccc(C2(C(=O)O)CC2)cc1. The summed E-state index contributed by atoms with van der Waals surface area (Å²) in [5, 5.41) is 14.6. The normalized spacial score (nSPS) is 16.9. The number of urea groups is 1. The van der Waals surface area contributed by atoms with Crippen molar-refractivity contribution in [1.29, 1.82) is 0 Å². The van der Waals surface area contributed by atoms with Crippen LogP contribution in [-0.4, -0.2) is 23.1 Å². The van der Waals surface area contributed by atoms with E-state index < -0.39 is 11.4 Å². The summed E-state index contributed by atoms with van der Waals surface area (Å²) in [5.74, 6) is -0.782. The van der Waals surface area contributed by atoms with E-state index in [1.807, 2.05) is 6.92 Å². The van der Waals surface area contributed by atoms with E-state index in [1.165, 1.54) is 0 Å². The Labute approximate surface area is 117 Å². The third kappa shape index (κ3) is 2.82. The Morgan fingerprint density at radius 2 is 1.95 bits per heavy atom. The number of carboxylic acids is 1. The molecule has 0 heterocycles. The molecule has 0 aromatic heterocycles. The van der Waals surface area contributed by atoms with Gasteiger partial charge in [0.2, 0.25) is 0 Å². The van der Waals surface area contributed by atoms with Crippen LogP contribution in [-0.2, 0) is 10.2 Å². The molecular weight excluding hydrogens is 256 g/mol. The molecule has 106 valence electrons. The molecule has 0 saturated heterocycles. The molecule has 3 N–H and O–H groups in total. The van der Waals surface area contributed by atoms with Crippen molar-refractivity contribution in [3.8, 4) is 0 Å². The van der Waals surface area contributed by atoms with Crippen molar-refractivity contribution in [1.82, 2.24) is 5.32 Å². The van der Waals surface area contributed by atoms with Crippen molar-refractivity contribution in [2.75, 3.05) is 5.32 Å². The van der Waals surface area contributed by atoms with Crippen LogP contribution in [0.25, 0.3) is 0 Å². The van der Waals surface area contributed by atoms with Gasteiger partial charge in [-0.05, 0) is 37.5 Å². The molecule has 5 heteroatoms. The Hall–Kier alpha value is -2.30. The third-order valence-electron chi connectivity index (χ3n) is 3.57. The highest BCUT2D eigenvalue weighted by molar-refractivity contribution is 5.90. The molecule has 0 spiro atoms. The van der Waals surface area contributed by atoms with E-state index in [0.717, 1.165) is 5.56 Å². The van der Waals surface area contributed by atoms with Gasteiger partial charge in [-0.2, -0.15) is 0 Å². The monoisotopic (exact) mass is 274 g/mol. The molecule has 1 saturated carbocycles. The van der Waals surface area contributed by atoms with Gasteiger partial charge in [-0.25, -0.2) is 4.79 Å². The van der Waals surface area contributed by atoms with Crippen LogP contribution in [0.15, 0.2) is 36.9 Å². The summed E-state index contributed by atoms with van der Waals surface area (Å²) >= 11 is 0. The molecule has 1 atom stereocenters. The first-order valence-electron chi connectivity index (χ1n) is 6.52. The number of carbonyl (C=O) groups excluding carboxylic acids is 1. The van der Waals surface area contributed by atoms with Crippen LogP contribution in [0.1, 0.15) is 25.3 Å². The van der Waals surface area contributed by atoms with Gasteiger partial charge in [0.05, 0.1) is 5.41 Å². The molecule has 20 heavy (non-hydrogen) atoms. The first-order chi connectivity index (χ1) is 9.48. The van der Waals surface area contributed by atoms with E-state index >= 15 is 0 Å². The number of amides is 2. The molecule has 1 aromatic carbocycles. The molecule has 1 fully saturated rings. The number of nitrogens with one attached hydrogen (secondary N) is 2. The molecule has 1 aliphatic rings. The predicted molar refractivity (Wildman–Crippen MR) is 76.8 cm³/mol. The lowest BCUT2D eigenvalue weighted by molar-refractivity contribution is -0.140.